The summed E-state index contributed by atoms with van der Waals surface area (Å²) in [6, 6.07) is 1.50. The fraction of sp³-hybridized carbons (Fsp3) is 0.231. The van der Waals surface area contributed by atoms with Gasteiger partial charge < -0.3 is 4.74 Å². The summed E-state index contributed by atoms with van der Waals surface area (Å²) in [5, 5.41) is 6.95. The maximum absolute atomic E-state index is 12.1. The van der Waals surface area contributed by atoms with Gasteiger partial charge in [0, 0.05) is 17.3 Å². The van der Waals surface area contributed by atoms with Gasteiger partial charge in [-0.2, -0.15) is 5.10 Å². The summed E-state index contributed by atoms with van der Waals surface area (Å²) in [5.41, 5.74) is 1.58. The van der Waals surface area contributed by atoms with Crippen LogP contribution in [0.1, 0.15) is 16.7 Å². The Kier molecular flexibility index (Phi) is 3.12. The minimum Gasteiger partial charge on any atom is -0.446 e. The molecule has 1 fully saturated rings. The minimum atomic E-state index is -0.412. The summed E-state index contributed by atoms with van der Waals surface area (Å²) in [4.78, 5) is 22.6. The number of amides is 1. The number of cyclic esters (lactones) is 1. The lowest BCUT2D eigenvalue weighted by Gasteiger charge is -2.18. The van der Waals surface area contributed by atoms with Crippen LogP contribution in [0.3, 0.4) is 0 Å². The Bertz CT molecular complexity index is 876. The third-order valence-corrected chi connectivity index (χ3v) is 4.98. The molecule has 1 saturated heterocycles. The van der Waals surface area contributed by atoms with Gasteiger partial charge in [-0.3, -0.25) is 0 Å². The number of carbonyl (C=O) groups excluding carboxylic acids is 1. The average Bonchev–Trinajstić information content (AvgIpc) is 3.19. The molecule has 0 saturated carbocycles. The molecule has 0 aliphatic carbocycles. The van der Waals surface area contributed by atoms with E-state index in [0.717, 1.165) is 15.2 Å². The Morgan fingerprint density at radius 1 is 1.45 bits per heavy atom. The highest BCUT2D eigenvalue weighted by Gasteiger charge is 2.38. The molecule has 3 aromatic rings. The predicted octanol–water partition coefficient (Wildman–Crippen LogP) is 2.95. The number of halogens is 1. The highest BCUT2D eigenvalue weighted by Crippen LogP contribution is 2.34. The first kappa shape index (κ1) is 13.6. The van der Waals surface area contributed by atoms with Crippen molar-refractivity contribution in [1.29, 1.82) is 0 Å². The van der Waals surface area contributed by atoms with Crippen LogP contribution in [0.15, 0.2) is 28.3 Å². The summed E-state index contributed by atoms with van der Waals surface area (Å²) in [6.45, 7) is 2.20. The second-order valence-corrected chi connectivity index (χ2v) is 6.58. The first-order valence-electron chi connectivity index (χ1n) is 6.51. The first-order valence-corrected chi connectivity index (χ1v) is 8.18. The summed E-state index contributed by atoms with van der Waals surface area (Å²) < 4.78 is 7.60. The molecule has 22 heavy (non-hydrogen) atoms. The van der Waals surface area contributed by atoms with Crippen LogP contribution in [0.2, 0.25) is 0 Å². The molecule has 9 heteroatoms. The van der Waals surface area contributed by atoms with Crippen molar-refractivity contribution in [3.05, 3.63) is 39.0 Å². The molecule has 7 nitrogen and oxygen atoms in total. The van der Waals surface area contributed by atoms with E-state index in [-0.39, 0.29) is 12.6 Å². The number of hydrogen-bond acceptors (Lipinski definition) is 6. The number of ether oxygens (including phenoxy) is 1. The molecule has 0 aromatic carbocycles. The van der Waals surface area contributed by atoms with Gasteiger partial charge in [0.2, 0.25) is 0 Å². The Hall–Kier alpha value is -2.00. The number of hydrogen-bond donors (Lipinski definition) is 0. The summed E-state index contributed by atoms with van der Waals surface area (Å²) in [5.74, 6) is 0.522. The number of anilines is 1. The van der Waals surface area contributed by atoms with Crippen LogP contribution in [-0.2, 0) is 4.74 Å². The lowest BCUT2D eigenvalue weighted by Crippen LogP contribution is -2.28. The number of rotatable bonds is 2. The molecule has 1 amide bonds. The molecule has 0 radical (unpaired) electrons. The van der Waals surface area contributed by atoms with E-state index in [9.17, 15) is 4.79 Å². The minimum absolute atomic E-state index is 0.247. The number of thiazole rings is 1. The zero-order valence-electron chi connectivity index (χ0n) is 11.4. The topological polar surface area (TPSA) is 72.6 Å². The van der Waals surface area contributed by atoms with Gasteiger partial charge in [-0.25, -0.2) is 24.2 Å². The van der Waals surface area contributed by atoms with E-state index < -0.39 is 6.09 Å². The van der Waals surface area contributed by atoms with Crippen LogP contribution in [0.4, 0.5) is 10.6 Å². The van der Waals surface area contributed by atoms with E-state index in [1.54, 1.807) is 23.0 Å². The van der Waals surface area contributed by atoms with Crippen LogP contribution >= 0.6 is 27.3 Å². The summed E-state index contributed by atoms with van der Waals surface area (Å²) >= 11 is 4.91. The predicted molar refractivity (Wildman–Crippen MR) is 84.1 cm³/mol. The van der Waals surface area contributed by atoms with E-state index in [0.29, 0.717) is 11.5 Å². The molecule has 0 bridgehead atoms. The number of carbonyl (C=O) groups is 1. The van der Waals surface area contributed by atoms with Gasteiger partial charge in [-0.05, 0) is 28.9 Å². The van der Waals surface area contributed by atoms with Gasteiger partial charge >= 0.3 is 6.09 Å². The largest absolute Gasteiger partial charge is 0.446 e. The fourth-order valence-electron chi connectivity index (χ4n) is 2.35. The van der Waals surface area contributed by atoms with Crippen molar-refractivity contribution >= 4 is 44.8 Å². The molecule has 4 rings (SSSR count). The quantitative estimate of drug-likeness (QED) is 0.684. The van der Waals surface area contributed by atoms with Crippen molar-refractivity contribution in [1.82, 2.24) is 19.6 Å². The SMILES string of the molecule is Cc1csc([C@@H]2COC(=O)N2c2ccn3ncc(Br)c3n2)n1. The van der Waals surface area contributed by atoms with Gasteiger partial charge in [-0.1, -0.05) is 0 Å². The van der Waals surface area contributed by atoms with Crippen molar-refractivity contribution in [3.8, 4) is 0 Å². The van der Waals surface area contributed by atoms with E-state index >= 15 is 0 Å². The molecule has 0 N–H and O–H groups in total. The van der Waals surface area contributed by atoms with E-state index in [1.165, 1.54) is 16.2 Å². The van der Waals surface area contributed by atoms with Gasteiger partial charge in [-0.15, -0.1) is 11.3 Å². The molecule has 112 valence electrons. The zero-order chi connectivity index (χ0) is 15.3. The second-order valence-electron chi connectivity index (χ2n) is 4.84. The number of nitrogens with zero attached hydrogens (tertiary/aromatic N) is 5. The molecular weight excluding hydrogens is 370 g/mol. The van der Waals surface area contributed by atoms with Crippen LogP contribution in [0.5, 0.6) is 0 Å². The lowest BCUT2D eigenvalue weighted by molar-refractivity contribution is 0.179. The third kappa shape index (κ3) is 2.08. The smallest absolute Gasteiger partial charge is 0.416 e. The first-order chi connectivity index (χ1) is 10.6. The average molecular weight is 380 g/mol. The van der Waals surface area contributed by atoms with Crippen LogP contribution in [-0.4, -0.2) is 32.3 Å². The standard InChI is InChI=1S/C13H10BrN5O2S/c1-7-6-22-12(16-7)9-5-21-13(20)19(9)10-2-3-18-11(17-10)8(14)4-15-18/h2-4,6,9H,5H2,1H3/t9-/m0/s1. The van der Waals surface area contributed by atoms with E-state index in [4.69, 9.17) is 4.74 Å². The molecule has 1 aliphatic heterocycles. The Morgan fingerprint density at radius 2 is 2.32 bits per heavy atom. The number of aryl methyl sites for hydroxylation is 1. The van der Waals surface area contributed by atoms with E-state index in [1.807, 2.05) is 12.3 Å². The zero-order valence-corrected chi connectivity index (χ0v) is 13.8. The van der Waals surface area contributed by atoms with Crippen molar-refractivity contribution in [3.63, 3.8) is 0 Å². The maximum atomic E-state index is 12.1. The Balaban J connectivity index is 1.79. The summed E-state index contributed by atoms with van der Waals surface area (Å²) in [7, 11) is 0. The fourth-order valence-corrected chi connectivity index (χ4v) is 3.58. The van der Waals surface area contributed by atoms with Gasteiger partial charge in [0.1, 0.15) is 23.5 Å². The van der Waals surface area contributed by atoms with E-state index in [2.05, 4.69) is 31.0 Å². The van der Waals surface area contributed by atoms with Crippen molar-refractivity contribution < 1.29 is 9.53 Å². The van der Waals surface area contributed by atoms with Crippen molar-refractivity contribution in [2.45, 2.75) is 13.0 Å². The Labute approximate surface area is 137 Å². The van der Waals surface area contributed by atoms with Crippen molar-refractivity contribution in [2.75, 3.05) is 11.5 Å². The molecule has 3 aromatic heterocycles. The monoisotopic (exact) mass is 379 g/mol. The third-order valence-electron chi connectivity index (χ3n) is 3.35. The molecule has 1 atom stereocenters. The normalized spacial score (nSPS) is 18.2. The lowest BCUT2D eigenvalue weighted by atomic mass is 10.3. The molecule has 0 unspecified atom stereocenters. The molecule has 0 spiro atoms. The highest BCUT2D eigenvalue weighted by atomic mass is 79.9. The number of aromatic nitrogens is 4. The molecule has 4 heterocycles. The van der Waals surface area contributed by atoms with Crippen molar-refractivity contribution in [2.24, 2.45) is 0 Å². The maximum Gasteiger partial charge on any atom is 0.416 e. The second kappa shape index (κ2) is 5.03. The van der Waals surface area contributed by atoms with Gasteiger partial charge in [0.05, 0.1) is 10.7 Å². The van der Waals surface area contributed by atoms with Crippen LogP contribution in [0.25, 0.3) is 5.65 Å². The molecule has 1 aliphatic rings. The summed E-state index contributed by atoms with van der Waals surface area (Å²) in [6.07, 6.45) is 3.01. The molecular formula is C13H10BrN5O2S. The van der Waals surface area contributed by atoms with Gasteiger partial charge in [0.15, 0.2) is 5.65 Å². The van der Waals surface area contributed by atoms with Crippen LogP contribution < -0.4 is 4.90 Å². The Morgan fingerprint density at radius 3 is 3.09 bits per heavy atom. The van der Waals surface area contributed by atoms with Crippen LogP contribution in [0, 0.1) is 6.92 Å². The van der Waals surface area contributed by atoms with Gasteiger partial charge in [0.25, 0.3) is 0 Å². The number of fused-ring (bicyclic) bond motifs is 1. The highest BCUT2D eigenvalue weighted by molar-refractivity contribution is 9.10.